The number of hydrogen-bond acceptors (Lipinski definition) is 3. The molecule has 1 aliphatic heterocycles. The third-order valence-corrected chi connectivity index (χ3v) is 12.7. The highest BCUT2D eigenvalue weighted by Crippen LogP contribution is 2.57. The van der Waals surface area contributed by atoms with Crippen molar-refractivity contribution in [3.05, 3.63) is 252 Å². The van der Waals surface area contributed by atoms with Crippen molar-refractivity contribution < 1.29 is 0 Å². The van der Waals surface area contributed by atoms with Crippen LogP contribution in [0.3, 0.4) is 0 Å². The fourth-order valence-electron chi connectivity index (χ4n) is 9.46. The van der Waals surface area contributed by atoms with Crippen molar-refractivity contribution in [2.45, 2.75) is 25.4 Å². The fraction of sp³-hybridized carbons (Fsp3) is 0.0678. The van der Waals surface area contributed by atoms with E-state index in [0.29, 0.717) is 0 Å². The molecule has 1 N–H and O–H groups in total. The van der Waals surface area contributed by atoms with Crippen LogP contribution < -0.4 is 10.2 Å². The van der Waals surface area contributed by atoms with Gasteiger partial charge in [0.05, 0.1) is 11.4 Å². The summed E-state index contributed by atoms with van der Waals surface area (Å²) in [5.41, 5.74) is 18.4. The minimum atomic E-state index is -0.293. The molecule has 9 aromatic carbocycles. The van der Waals surface area contributed by atoms with Crippen LogP contribution in [0.4, 0.5) is 17.1 Å². The molecule has 0 amide bonds. The highest BCUT2D eigenvalue weighted by atomic mass is 15.1. The molecular weight excluding hydrogens is 751 g/mol. The smallest absolute Gasteiger partial charge is 0.145 e. The Bertz CT molecular complexity index is 3050. The molecule has 0 spiro atoms. The van der Waals surface area contributed by atoms with Gasteiger partial charge in [0.2, 0.25) is 0 Å². The summed E-state index contributed by atoms with van der Waals surface area (Å²) in [4.78, 5) is 7.86. The first-order valence-corrected chi connectivity index (χ1v) is 21.5. The van der Waals surface area contributed by atoms with Crippen LogP contribution in [0.25, 0.3) is 49.9 Å². The maximum absolute atomic E-state index is 5.37. The summed E-state index contributed by atoms with van der Waals surface area (Å²) in [6.07, 6.45) is 1.91. The van der Waals surface area contributed by atoms with E-state index in [1.54, 1.807) is 0 Å². The average molecular weight is 796 g/mol. The summed E-state index contributed by atoms with van der Waals surface area (Å²) in [5.74, 6) is 0. The molecule has 1 aliphatic carbocycles. The van der Waals surface area contributed by atoms with Gasteiger partial charge in [0.1, 0.15) is 6.17 Å². The first-order chi connectivity index (χ1) is 30.5. The zero-order valence-electron chi connectivity index (χ0n) is 34.8. The Hall–Kier alpha value is -7.75. The maximum atomic E-state index is 5.37. The topological polar surface area (TPSA) is 27.6 Å². The Morgan fingerprint density at radius 2 is 0.968 bits per heavy atom. The second kappa shape index (κ2) is 15.4. The van der Waals surface area contributed by atoms with Crippen molar-refractivity contribution in [1.82, 2.24) is 5.32 Å². The Kier molecular flexibility index (Phi) is 9.24. The third kappa shape index (κ3) is 6.60. The molecule has 1 unspecified atom stereocenters. The first-order valence-electron chi connectivity index (χ1n) is 21.5. The summed E-state index contributed by atoms with van der Waals surface area (Å²) < 4.78 is 0. The lowest BCUT2D eigenvalue weighted by atomic mass is 9.81. The van der Waals surface area contributed by atoms with Crippen molar-refractivity contribution in [3.63, 3.8) is 0 Å². The molecule has 3 heteroatoms. The molecule has 3 nitrogen and oxygen atoms in total. The average Bonchev–Trinajstić information content (AvgIpc) is 3.57. The highest BCUT2D eigenvalue weighted by Gasteiger charge is 2.40. The lowest BCUT2D eigenvalue weighted by Gasteiger charge is -2.31. The summed E-state index contributed by atoms with van der Waals surface area (Å²) in [6, 6.07) is 78.9. The van der Waals surface area contributed by atoms with Crippen LogP contribution in [0.2, 0.25) is 0 Å². The molecule has 9 aromatic rings. The van der Waals surface area contributed by atoms with E-state index in [9.17, 15) is 0 Å². The van der Waals surface area contributed by atoms with Crippen LogP contribution in [-0.2, 0) is 5.41 Å². The number of rotatable bonds is 8. The van der Waals surface area contributed by atoms with Gasteiger partial charge in [0.15, 0.2) is 0 Å². The van der Waals surface area contributed by atoms with E-state index in [4.69, 9.17) is 4.99 Å². The Balaban J connectivity index is 1.09. The summed E-state index contributed by atoms with van der Waals surface area (Å²) in [7, 11) is 0. The van der Waals surface area contributed by atoms with E-state index < -0.39 is 0 Å². The molecule has 0 saturated heterocycles. The predicted octanol–water partition coefficient (Wildman–Crippen LogP) is 15.1. The summed E-state index contributed by atoms with van der Waals surface area (Å²) >= 11 is 0. The van der Waals surface area contributed by atoms with E-state index >= 15 is 0 Å². The molecule has 0 bridgehead atoms. The van der Waals surface area contributed by atoms with Gasteiger partial charge in [-0.05, 0) is 97.4 Å². The lowest BCUT2D eigenvalue weighted by molar-refractivity contribution is 0.642. The Morgan fingerprint density at radius 1 is 0.468 bits per heavy atom. The van der Waals surface area contributed by atoms with E-state index in [1.165, 1.54) is 61.0 Å². The van der Waals surface area contributed by atoms with Crippen LogP contribution in [0.1, 0.15) is 47.8 Å². The van der Waals surface area contributed by atoms with Gasteiger partial charge in [-0.2, -0.15) is 0 Å². The molecule has 0 fully saturated rings. The summed E-state index contributed by atoms with van der Waals surface area (Å²) in [5, 5.41) is 6.25. The van der Waals surface area contributed by atoms with Gasteiger partial charge in [-0.15, -0.1) is 0 Å². The molecule has 0 radical (unpaired) electrons. The van der Waals surface area contributed by atoms with Gasteiger partial charge >= 0.3 is 0 Å². The number of benzene rings is 9. The normalized spacial score (nSPS) is 14.9. The number of fused-ring (bicyclic) bond motifs is 4. The second-order valence-corrected chi connectivity index (χ2v) is 16.8. The first kappa shape index (κ1) is 37.3. The molecule has 0 saturated carbocycles. The van der Waals surface area contributed by atoms with Gasteiger partial charge in [0, 0.05) is 33.4 Å². The minimum absolute atomic E-state index is 0.267. The van der Waals surface area contributed by atoms with E-state index in [-0.39, 0.29) is 11.6 Å². The SMILES string of the molecule is CC1(C)c2cc(C3N=C(c4ccccc4)C=C(c4ccccc4)N3)ccc2-c2c1cc1ccccc1c2N(c1ccc(-c2ccccc2)cc1)c1ccc(-c2ccccc2)cc1. The Morgan fingerprint density at radius 3 is 1.55 bits per heavy atom. The van der Waals surface area contributed by atoms with Crippen molar-refractivity contribution in [3.8, 4) is 33.4 Å². The van der Waals surface area contributed by atoms with Crippen molar-refractivity contribution in [2.75, 3.05) is 4.90 Å². The van der Waals surface area contributed by atoms with E-state index in [1.807, 2.05) is 0 Å². The standard InChI is InChI=1S/C59H45N3/c1-59(2)52-38-47(58-60-54(44-21-11-5-12-22-44)39-55(61-58)45-23-13-6-14-24-45)31-36-51(52)56-53(59)37-46-25-15-16-26-50(46)57(56)62(48-32-27-42(28-33-48)40-17-7-3-8-18-40)49-34-29-43(30-35-49)41-19-9-4-10-20-41/h3-39,58,60H,1-2H3. The summed E-state index contributed by atoms with van der Waals surface area (Å²) in [6.45, 7) is 4.77. The van der Waals surface area contributed by atoms with Crippen LogP contribution in [0, 0.1) is 0 Å². The van der Waals surface area contributed by atoms with Gasteiger partial charge < -0.3 is 10.2 Å². The van der Waals surface area contributed by atoms with Gasteiger partial charge in [-0.1, -0.05) is 202 Å². The maximum Gasteiger partial charge on any atom is 0.145 e. The predicted molar refractivity (Wildman–Crippen MR) is 260 cm³/mol. The molecule has 11 rings (SSSR count). The zero-order chi connectivity index (χ0) is 41.6. The second-order valence-electron chi connectivity index (χ2n) is 16.8. The van der Waals surface area contributed by atoms with Gasteiger partial charge in [-0.3, -0.25) is 4.99 Å². The number of anilines is 3. The highest BCUT2D eigenvalue weighted by molar-refractivity contribution is 6.13. The van der Waals surface area contributed by atoms with Crippen LogP contribution in [0.5, 0.6) is 0 Å². The van der Waals surface area contributed by atoms with Crippen LogP contribution in [0.15, 0.2) is 229 Å². The largest absolute Gasteiger partial charge is 0.360 e. The fourth-order valence-corrected chi connectivity index (χ4v) is 9.46. The Labute approximate surface area is 364 Å². The molecule has 62 heavy (non-hydrogen) atoms. The molecule has 1 atom stereocenters. The zero-order valence-corrected chi connectivity index (χ0v) is 34.8. The van der Waals surface area contributed by atoms with E-state index in [0.717, 1.165) is 39.5 Å². The van der Waals surface area contributed by atoms with Gasteiger partial charge in [0.25, 0.3) is 0 Å². The quantitative estimate of drug-likeness (QED) is 0.166. The number of allylic oxidation sites excluding steroid dienone is 1. The molecule has 2 aliphatic rings. The van der Waals surface area contributed by atoms with Crippen molar-refractivity contribution >= 4 is 39.2 Å². The third-order valence-electron chi connectivity index (χ3n) is 12.7. The molecule has 296 valence electrons. The lowest BCUT2D eigenvalue weighted by Crippen LogP contribution is -2.25. The number of nitrogens with zero attached hydrogens (tertiary/aromatic N) is 2. The molecular formula is C59H45N3. The van der Waals surface area contributed by atoms with Crippen molar-refractivity contribution in [2.24, 2.45) is 4.99 Å². The van der Waals surface area contributed by atoms with Gasteiger partial charge in [-0.25, -0.2) is 0 Å². The number of hydrogen-bond donors (Lipinski definition) is 1. The molecule has 0 aromatic heterocycles. The number of aliphatic imine (C=N–C) groups is 1. The number of nitrogens with one attached hydrogen (secondary N) is 1. The van der Waals surface area contributed by atoms with Crippen molar-refractivity contribution in [1.29, 1.82) is 0 Å². The van der Waals surface area contributed by atoms with Crippen LogP contribution in [-0.4, -0.2) is 5.71 Å². The van der Waals surface area contributed by atoms with E-state index in [2.05, 4.69) is 249 Å². The van der Waals surface area contributed by atoms with Crippen LogP contribution >= 0.6 is 0 Å². The molecule has 1 heterocycles. The monoisotopic (exact) mass is 795 g/mol. The minimum Gasteiger partial charge on any atom is -0.360 e.